The van der Waals surface area contributed by atoms with E-state index >= 15 is 0 Å². The Balaban J connectivity index is 1.92. The van der Waals surface area contributed by atoms with Crippen molar-refractivity contribution in [3.8, 4) is 0 Å². The molecule has 0 bridgehead atoms. The molecule has 0 saturated heterocycles. The molecule has 3 N–H and O–H groups in total. The molecule has 2 rings (SSSR count). The number of unbranched alkanes of at least 4 members (excludes halogenated alkanes) is 3. The number of fused-ring (bicyclic) bond motifs is 1. The molecule has 0 aliphatic carbocycles. The van der Waals surface area contributed by atoms with Gasteiger partial charge in [0, 0.05) is 19.2 Å². The molecule has 19 heavy (non-hydrogen) atoms. The summed E-state index contributed by atoms with van der Waals surface area (Å²) in [6.07, 6.45) is 4.01. The van der Waals surface area contributed by atoms with Gasteiger partial charge >= 0.3 is 5.69 Å². The molecule has 104 valence electrons. The van der Waals surface area contributed by atoms with Crippen LogP contribution in [0.1, 0.15) is 31.5 Å². The lowest BCUT2D eigenvalue weighted by Gasteiger charge is -2.06. The number of aromatic amines is 1. The summed E-state index contributed by atoms with van der Waals surface area (Å²) in [5.74, 6) is 1.34. The van der Waals surface area contributed by atoms with E-state index in [1.54, 1.807) is 13.0 Å². The summed E-state index contributed by atoms with van der Waals surface area (Å²) in [6, 6.07) is 1.75. The van der Waals surface area contributed by atoms with Crippen LogP contribution in [0.3, 0.4) is 0 Å². The third kappa shape index (κ3) is 3.31. The van der Waals surface area contributed by atoms with Gasteiger partial charge in [-0.1, -0.05) is 12.8 Å². The second-order valence-corrected chi connectivity index (χ2v) is 4.48. The minimum Gasteiger partial charge on any atom is -0.396 e. The van der Waals surface area contributed by atoms with Crippen LogP contribution < -0.4 is 11.0 Å². The first-order chi connectivity index (χ1) is 9.22. The van der Waals surface area contributed by atoms with Gasteiger partial charge in [0.1, 0.15) is 11.6 Å². The van der Waals surface area contributed by atoms with E-state index in [0.29, 0.717) is 11.5 Å². The normalized spacial score (nSPS) is 11.1. The zero-order chi connectivity index (χ0) is 13.7. The third-order valence-corrected chi connectivity index (χ3v) is 2.96. The van der Waals surface area contributed by atoms with Crippen LogP contribution in [-0.2, 0) is 0 Å². The van der Waals surface area contributed by atoms with Crippen molar-refractivity contribution in [1.29, 1.82) is 0 Å². The number of nitrogens with one attached hydrogen (secondary N) is 2. The first-order valence-electron chi connectivity index (χ1n) is 6.52. The summed E-state index contributed by atoms with van der Waals surface area (Å²) >= 11 is 0. The SMILES string of the molecule is Cc1nc(NCCCCCCO)cc2n[nH]c(=O)n12. The maximum absolute atomic E-state index is 11.4. The molecule has 0 fully saturated rings. The number of aliphatic hydroxyl groups is 1. The first-order valence-corrected chi connectivity index (χ1v) is 6.52. The summed E-state index contributed by atoms with van der Waals surface area (Å²) in [5.41, 5.74) is 0.302. The maximum Gasteiger partial charge on any atom is 0.349 e. The highest BCUT2D eigenvalue weighted by Crippen LogP contribution is 2.08. The highest BCUT2D eigenvalue weighted by Gasteiger charge is 2.06. The van der Waals surface area contributed by atoms with E-state index in [1.165, 1.54) is 4.40 Å². The second kappa shape index (κ2) is 6.33. The van der Waals surface area contributed by atoms with Gasteiger partial charge in [-0.25, -0.2) is 19.3 Å². The molecule has 7 nitrogen and oxygen atoms in total. The molecule has 0 atom stereocenters. The van der Waals surface area contributed by atoms with E-state index in [2.05, 4.69) is 20.5 Å². The van der Waals surface area contributed by atoms with Crippen LogP contribution >= 0.6 is 0 Å². The Morgan fingerprint density at radius 1 is 1.37 bits per heavy atom. The van der Waals surface area contributed by atoms with Crippen molar-refractivity contribution in [2.75, 3.05) is 18.5 Å². The fraction of sp³-hybridized carbons (Fsp3) is 0.583. The predicted molar refractivity (Wildman–Crippen MR) is 72.4 cm³/mol. The lowest BCUT2D eigenvalue weighted by atomic mass is 10.2. The third-order valence-electron chi connectivity index (χ3n) is 2.96. The molecule has 0 aliphatic heterocycles. The highest BCUT2D eigenvalue weighted by atomic mass is 16.2. The Hall–Kier alpha value is -1.89. The van der Waals surface area contributed by atoms with Crippen LogP contribution in [0, 0.1) is 6.92 Å². The van der Waals surface area contributed by atoms with Gasteiger partial charge < -0.3 is 10.4 Å². The summed E-state index contributed by atoms with van der Waals surface area (Å²) < 4.78 is 1.44. The summed E-state index contributed by atoms with van der Waals surface area (Å²) in [6.45, 7) is 2.86. The number of H-pyrrole nitrogens is 1. The van der Waals surface area contributed by atoms with Crippen molar-refractivity contribution in [3.05, 3.63) is 22.4 Å². The Bertz CT molecular complexity index is 589. The number of nitrogens with zero attached hydrogens (tertiary/aromatic N) is 3. The zero-order valence-electron chi connectivity index (χ0n) is 11.0. The summed E-state index contributed by atoms with van der Waals surface area (Å²) in [4.78, 5) is 15.8. The smallest absolute Gasteiger partial charge is 0.349 e. The molecule has 0 radical (unpaired) electrons. The molecule has 2 aromatic rings. The van der Waals surface area contributed by atoms with Crippen LogP contribution in [0.4, 0.5) is 5.82 Å². The standard InChI is InChI=1S/C12H19N5O2/c1-9-14-10(13-6-4-2-3-5-7-18)8-11-15-16-12(19)17(9)11/h8,13,18H,2-7H2,1H3,(H,16,19). The molecule has 2 heterocycles. The van der Waals surface area contributed by atoms with E-state index in [9.17, 15) is 4.79 Å². The van der Waals surface area contributed by atoms with Crippen molar-refractivity contribution in [1.82, 2.24) is 19.6 Å². The number of aromatic nitrogens is 4. The Morgan fingerprint density at radius 3 is 2.95 bits per heavy atom. The topological polar surface area (TPSA) is 95.3 Å². The van der Waals surface area contributed by atoms with Crippen molar-refractivity contribution in [2.45, 2.75) is 32.6 Å². The lowest BCUT2D eigenvalue weighted by molar-refractivity contribution is 0.283. The van der Waals surface area contributed by atoms with Gasteiger partial charge in [-0.15, -0.1) is 0 Å². The zero-order valence-corrected chi connectivity index (χ0v) is 11.0. The monoisotopic (exact) mass is 265 g/mol. The van der Waals surface area contributed by atoms with Gasteiger partial charge in [0.25, 0.3) is 0 Å². The molecule has 0 saturated carbocycles. The second-order valence-electron chi connectivity index (χ2n) is 4.48. The summed E-state index contributed by atoms with van der Waals surface area (Å²) in [7, 11) is 0. The largest absolute Gasteiger partial charge is 0.396 e. The van der Waals surface area contributed by atoms with Crippen molar-refractivity contribution in [3.63, 3.8) is 0 Å². The van der Waals surface area contributed by atoms with Crippen LogP contribution in [0.25, 0.3) is 5.65 Å². The van der Waals surface area contributed by atoms with Crippen molar-refractivity contribution in [2.24, 2.45) is 0 Å². The number of aryl methyl sites for hydroxylation is 1. The minimum absolute atomic E-state index is 0.263. The first kappa shape index (κ1) is 13.5. The van der Waals surface area contributed by atoms with Gasteiger partial charge in [-0.3, -0.25) is 0 Å². The molecule has 0 amide bonds. The predicted octanol–water partition coefficient (Wildman–Crippen LogP) is 0.691. The van der Waals surface area contributed by atoms with Crippen molar-refractivity contribution < 1.29 is 5.11 Å². The van der Waals surface area contributed by atoms with Crippen LogP contribution in [0.5, 0.6) is 0 Å². The number of hydrogen-bond donors (Lipinski definition) is 3. The Labute approximate surface area is 110 Å². The number of hydrogen-bond acceptors (Lipinski definition) is 5. The molecule has 0 aliphatic rings. The van der Waals surface area contributed by atoms with E-state index in [0.717, 1.165) is 38.0 Å². The Kier molecular flexibility index (Phi) is 4.51. The average molecular weight is 265 g/mol. The lowest BCUT2D eigenvalue weighted by Crippen LogP contribution is -2.14. The molecule has 0 unspecified atom stereocenters. The minimum atomic E-state index is -0.268. The van der Waals surface area contributed by atoms with Gasteiger partial charge in [-0.05, 0) is 19.8 Å². The molecule has 0 spiro atoms. The van der Waals surface area contributed by atoms with Gasteiger partial charge in [0.05, 0.1) is 0 Å². The average Bonchev–Trinajstić information content (AvgIpc) is 2.76. The van der Waals surface area contributed by atoms with E-state index in [1.807, 2.05) is 0 Å². The molecule has 2 aromatic heterocycles. The highest BCUT2D eigenvalue weighted by molar-refractivity contribution is 5.49. The molecular weight excluding hydrogens is 246 g/mol. The number of aliphatic hydroxyl groups excluding tert-OH is 1. The van der Waals surface area contributed by atoms with Crippen LogP contribution in [-0.4, -0.2) is 37.8 Å². The fourth-order valence-corrected chi connectivity index (χ4v) is 1.99. The number of anilines is 1. The van der Waals surface area contributed by atoms with Crippen LogP contribution in [0.2, 0.25) is 0 Å². The molecule has 0 aromatic carbocycles. The molecular formula is C12H19N5O2. The van der Waals surface area contributed by atoms with Crippen molar-refractivity contribution >= 4 is 11.5 Å². The fourth-order valence-electron chi connectivity index (χ4n) is 1.99. The molecule has 7 heteroatoms. The quantitative estimate of drug-likeness (QED) is 0.640. The van der Waals surface area contributed by atoms with Gasteiger partial charge in [0.2, 0.25) is 0 Å². The number of rotatable bonds is 7. The summed E-state index contributed by atoms with van der Waals surface area (Å²) in [5, 5.41) is 18.2. The maximum atomic E-state index is 11.4. The van der Waals surface area contributed by atoms with E-state index in [4.69, 9.17) is 5.11 Å². The van der Waals surface area contributed by atoms with E-state index in [-0.39, 0.29) is 12.3 Å². The Morgan fingerprint density at radius 2 is 2.16 bits per heavy atom. The van der Waals surface area contributed by atoms with Gasteiger partial charge in [0.15, 0.2) is 5.65 Å². The van der Waals surface area contributed by atoms with Crippen LogP contribution in [0.15, 0.2) is 10.9 Å². The van der Waals surface area contributed by atoms with E-state index < -0.39 is 0 Å². The van der Waals surface area contributed by atoms with Gasteiger partial charge in [-0.2, -0.15) is 5.10 Å².